The zero-order valence-electron chi connectivity index (χ0n) is 11.8. The van der Waals surface area contributed by atoms with Crippen molar-refractivity contribution in [1.29, 1.82) is 0 Å². The maximum atomic E-state index is 12.4. The third-order valence-electron chi connectivity index (χ3n) is 4.11. The van der Waals surface area contributed by atoms with Crippen LogP contribution >= 0.6 is 15.9 Å². The summed E-state index contributed by atoms with van der Waals surface area (Å²) in [6.07, 6.45) is 4.54. The van der Waals surface area contributed by atoms with Gasteiger partial charge in [0.2, 0.25) is 0 Å². The van der Waals surface area contributed by atoms with E-state index >= 15 is 0 Å². The number of rotatable bonds is 2. The van der Waals surface area contributed by atoms with E-state index in [0.717, 1.165) is 12.8 Å². The molecule has 0 N–H and O–H groups in total. The third kappa shape index (κ3) is 3.56. The van der Waals surface area contributed by atoms with Gasteiger partial charge in [0.05, 0.1) is 0 Å². The molecular weight excluding hydrogens is 304 g/mol. The molecule has 1 heterocycles. The molecule has 1 aromatic rings. The van der Waals surface area contributed by atoms with Gasteiger partial charge in [0.25, 0.3) is 5.91 Å². The Balaban J connectivity index is 2.04. The summed E-state index contributed by atoms with van der Waals surface area (Å²) in [6, 6.07) is 5.81. The SMILES string of the molecule is CN(C(=O)c1cccc(Br)n1)C1CCC(C)(C)CC1. The van der Waals surface area contributed by atoms with Crippen molar-refractivity contribution in [3.8, 4) is 0 Å². The van der Waals surface area contributed by atoms with Crippen LogP contribution in [0.3, 0.4) is 0 Å². The molecule has 0 saturated heterocycles. The first kappa shape index (κ1) is 14.5. The Morgan fingerprint density at radius 1 is 1.37 bits per heavy atom. The zero-order chi connectivity index (χ0) is 14.0. The van der Waals surface area contributed by atoms with E-state index < -0.39 is 0 Å². The second kappa shape index (κ2) is 5.61. The second-order valence-corrected chi connectivity index (χ2v) is 6.97. The van der Waals surface area contributed by atoms with Gasteiger partial charge in [0, 0.05) is 13.1 Å². The maximum absolute atomic E-state index is 12.4. The molecule has 0 spiro atoms. The minimum absolute atomic E-state index is 0.0195. The van der Waals surface area contributed by atoms with Crippen LogP contribution in [0.1, 0.15) is 50.0 Å². The first-order valence-corrected chi connectivity index (χ1v) is 7.58. The van der Waals surface area contributed by atoms with Crippen molar-refractivity contribution in [1.82, 2.24) is 9.88 Å². The highest BCUT2D eigenvalue weighted by Gasteiger charge is 2.31. The Morgan fingerprint density at radius 3 is 2.58 bits per heavy atom. The molecule has 3 nitrogen and oxygen atoms in total. The number of carbonyl (C=O) groups is 1. The Labute approximate surface area is 123 Å². The summed E-state index contributed by atoms with van der Waals surface area (Å²) in [7, 11) is 1.90. The fourth-order valence-electron chi connectivity index (χ4n) is 2.65. The second-order valence-electron chi connectivity index (χ2n) is 6.16. The van der Waals surface area contributed by atoms with E-state index in [1.807, 2.05) is 24.1 Å². The maximum Gasteiger partial charge on any atom is 0.272 e. The van der Waals surface area contributed by atoms with Gasteiger partial charge in [-0.3, -0.25) is 4.79 Å². The molecule has 104 valence electrons. The van der Waals surface area contributed by atoms with E-state index in [0.29, 0.717) is 21.8 Å². The summed E-state index contributed by atoms with van der Waals surface area (Å²) in [5, 5.41) is 0. The summed E-state index contributed by atoms with van der Waals surface area (Å²) in [6.45, 7) is 4.61. The molecule has 0 unspecified atom stereocenters. The summed E-state index contributed by atoms with van der Waals surface area (Å²) in [5.41, 5.74) is 0.940. The lowest BCUT2D eigenvalue weighted by Gasteiger charge is -2.38. The van der Waals surface area contributed by atoms with Crippen LogP contribution in [0.4, 0.5) is 0 Å². The van der Waals surface area contributed by atoms with Crippen molar-refractivity contribution in [3.63, 3.8) is 0 Å². The highest BCUT2D eigenvalue weighted by Crippen LogP contribution is 2.36. The summed E-state index contributed by atoms with van der Waals surface area (Å²) < 4.78 is 0.705. The van der Waals surface area contributed by atoms with Crippen LogP contribution in [-0.4, -0.2) is 28.9 Å². The number of pyridine rings is 1. The highest BCUT2D eigenvalue weighted by molar-refractivity contribution is 9.10. The normalized spacial score (nSPS) is 19.2. The Hall–Kier alpha value is -0.900. The molecule has 1 saturated carbocycles. The number of hydrogen-bond acceptors (Lipinski definition) is 2. The number of amides is 1. The minimum Gasteiger partial charge on any atom is -0.337 e. The van der Waals surface area contributed by atoms with Crippen molar-refractivity contribution in [2.24, 2.45) is 5.41 Å². The molecular formula is C15H21BrN2O. The molecule has 2 rings (SSSR count). The molecule has 4 heteroatoms. The first-order valence-electron chi connectivity index (χ1n) is 6.79. The topological polar surface area (TPSA) is 33.2 Å². The molecule has 0 aromatic carbocycles. The Bertz CT molecular complexity index is 463. The number of halogens is 1. The monoisotopic (exact) mass is 324 g/mol. The van der Waals surface area contributed by atoms with Gasteiger partial charge in [-0.1, -0.05) is 19.9 Å². The largest absolute Gasteiger partial charge is 0.337 e. The molecule has 1 aromatic heterocycles. The lowest BCUT2D eigenvalue weighted by molar-refractivity contribution is 0.0629. The average molecular weight is 325 g/mol. The Kier molecular flexibility index (Phi) is 4.29. The summed E-state index contributed by atoms with van der Waals surface area (Å²) in [5.74, 6) is 0.0195. The summed E-state index contributed by atoms with van der Waals surface area (Å²) >= 11 is 3.31. The fourth-order valence-corrected chi connectivity index (χ4v) is 2.99. The molecule has 1 aliphatic carbocycles. The third-order valence-corrected chi connectivity index (χ3v) is 4.55. The molecule has 1 aliphatic rings. The van der Waals surface area contributed by atoms with Crippen molar-refractivity contribution in [2.75, 3.05) is 7.05 Å². The van der Waals surface area contributed by atoms with E-state index in [1.165, 1.54) is 12.8 Å². The van der Waals surface area contributed by atoms with Gasteiger partial charge in [-0.2, -0.15) is 0 Å². The fraction of sp³-hybridized carbons (Fsp3) is 0.600. The van der Waals surface area contributed by atoms with Gasteiger partial charge in [0.1, 0.15) is 10.3 Å². The lowest BCUT2D eigenvalue weighted by atomic mass is 9.75. The zero-order valence-corrected chi connectivity index (χ0v) is 13.4. The molecule has 0 bridgehead atoms. The quantitative estimate of drug-likeness (QED) is 0.773. The Morgan fingerprint density at radius 2 is 2.00 bits per heavy atom. The van der Waals surface area contributed by atoms with Gasteiger partial charge in [-0.15, -0.1) is 0 Å². The number of nitrogens with zero attached hydrogens (tertiary/aromatic N) is 2. The molecule has 0 aliphatic heterocycles. The predicted octanol–water partition coefficient (Wildman–Crippen LogP) is 3.88. The van der Waals surface area contributed by atoms with Gasteiger partial charge in [0.15, 0.2) is 0 Å². The van der Waals surface area contributed by atoms with Gasteiger partial charge >= 0.3 is 0 Å². The highest BCUT2D eigenvalue weighted by atomic mass is 79.9. The average Bonchev–Trinajstić information content (AvgIpc) is 2.37. The standard InChI is InChI=1S/C15H21BrN2O/c1-15(2)9-7-11(8-10-15)18(3)14(19)12-5-4-6-13(16)17-12/h4-6,11H,7-10H2,1-3H3. The number of hydrogen-bond donors (Lipinski definition) is 0. The van der Waals surface area contributed by atoms with Crippen LogP contribution in [0.15, 0.2) is 22.8 Å². The van der Waals surface area contributed by atoms with Crippen LogP contribution in [0.25, 0.3) is 0 Å². The van der Waals surface area contributed by atoms with Crippen LogP contribution in [0.2, 0.25) is 0 Å². The molecule has 1 fully saturated rings. The van der Waals surface area contributed by atoms with E-state index in [2.05, 4.69) is 34.8 Å². The van der Waals surface area contributed by atoms with Crippen molar-refractivity contribution >= 4 is 21.8 Å². The lowest BCUT2D eigenvalue weighted by Crippen LogP contribution is -2.41. The van der Waals surface area contributed by atoms with E-state index in [-0.39, 0.29) is 5.91 Å². The van der Waals surface area contributed by atoms with Crippen molar-refractivity contribution in [2.45, 2.75) is 45.6 Å². The number of aromatic nitrogens is 1. The molecule has 1 amide bonds. The molecule has 0 atom stereocenters. The van der Waals surface area contributed by atoms with Gasteiger partial charge < -0.3 is 4.90 Å². The van der Waals surface area contributed by atoms with Crippen molar-refractivity contribution < 1.29 is 4.79 Å². The van der Waals surface area contributed by atoms with E-state index in [4.69, 9.17) is 0 Å². The first-order chi connectivity index (χ1) is 8.89. The van der Waals surface area contributed by atoms with Gasteiger partial charge in [-0.25, -0.2) is 4.98 Å². The predicted molar refractivity (Wildman–Crippen MR) is 80.1 cm³/mol. The van der Waals surface area contributed by atoms with Gasteiger partial charge in [-0.05, 0) is 59.2 Å². The van der Waals surface area contributed by atoms with Crippen LogP contribution < -0.4 is 0 Å². The van der Waals surface area contributed by atoms with Crippen LogP contribution in [-0.2, 0) is 0 Å². The smallest absolute Gasteiger partial charge is 0.272 e. The van der Waals surface area contributed by atoms with Crippen LogP contribution in [0.5, 0.6) is 0 Å². The van der Waals surface area contributed by atoms with E-state index in [1.54, 1.807) is 6.07 Å². The summed E-state index contributed by atoms with van der Waals surface area (Å²) in [4.78, 5) is 18.5. The molecule has 19 heavy (non-hydrogen) atoms. The number of carbonyl (C=O) groups excluding carboxylic acids is 1. The van der Waals surface area contributed by atoms with E-state index in [9.17, 15) is 4.79 Å². The minimum atomic E-state index is 0.0195. The van der Waals surface area contributed by atoms with Crippen LogP contribution in [0, 0.1) is 5.41 Å². The molecule has 0 radical (unpaired) electrons. The van der Waals surface area contributed by atoms with Crippen molar-refractivity contribution in [3.05, 3.63) is 28.5 Å².